The predicted octanol–water partition coefficient (Wildman–Crippen LogP) is 2.84. The highest BCUT2D eigenvalue weighted by atomic mass is 16.6. The quantitative estimate of drug-likeness (QED) is 0.563. The van der Waals surface area contributed by atoms with Crippen molar-refractivity contribution in [3.63, 3.8) is 0 Å². The van der Waals surface area contributed by atoms with Crippen LogP contribution in [0.3, 0.4) is 0 Å². The minimum Gasteiger partial charge on any atom is -0.508 e. The number of hydrazone groups is 1. The van der Waals surface area contributed by atoms with E-state index < -0.39 is 12.0 Å². The van der Waals surface area contributed by atoms with Crippen molar-refractivity contribution in [2.24, 2.45) is 5.10 Å². The van der Waals surface area contributed by atoms with Crippen molar-refractivity contribution in [3.8, 4) is 17.2 Å². The zero-order valence-electron chi connectivity index (χ0n) is 13.8. The molecule has 0 fully saturated rings. The molecule has 1 aliphatic rings. The van der Waals surface area contributed by atoms with Gasteiger partial charge in [-0.3, -0.25) is 4.79 Å². The molecule has 0 saturated carbocycles. The predicted molar refractivity (Wildman–Crippen MR) is 97.7 cm³/mol. The van der Waals surface area contributed by atoms with Gasteiger partial charge in [-0.15, -0.1) is 0 Å². The van der Waals surface area contributed by atoms with E-state index in [0.29, 0.717) is 17.1 Å². The lowest BCUT2D eigenvalue weighted by molar-refractivity contribution is -0.130. The van der Waals surface area contributed by atoms with Crippen LogP contribution < -0.4 is 14.9 Å². The highest BCUT2D eigenvalue weighted by molar-refractivity contribution is 5.88. The Balaban J connectivity index is 1.44. The van der Waals surface area contributed by atoms with Crippen LogP contribution in [0.2, 0.25) is 0 Å². The van der Waals surface area contributed by atoms with Crippen molar-refractivity contribution in [1.29, 1.82) is 0 Å². The molecule has 4 rings (SSSR count). The number of amides is 1. The molecule has 0 radical (unpaired) electrons. The second-order valence-electron chi connectivity index (χ2n) is 5.89. The Morgan fingerprint density at radius 3 is 2.62 bits per heavy atom. The Bertz CT molecular complexity index is 1000. The molecule has 0 unspecified atom stereocenters. The third-order valence-corrected chi connectivity index (χ3v) is 4.02. The van der Waals surface area contributed by atoms with Gasteiger partial charge in [-0.05, 0) is 40.6 Å². The fourth-order valence-electron chi connectivity index (χ4n) is 2.73. The number of carbonyl (C=O) groups is 1. The van der Waals surface area contributed by atoms with Crippen molar-refractivity contribution < 1.29 is 19.4 Å². The highest BCUT2D eigenvalue weighted by Crippen LogP contribution is 2.35. The minimum atomic E-state index is -0.787. The normalized spacial score (nSPS) is 15.9. The zero-order chi connectivity index (χ0) is 17.9. The molecule has 1 atom stereocenters. The van der Waals surface area contributed by atoms with Crippen molar-refractivity contribution >= 4 is 22.9 Å². The SMILES string of the molecule is O=C(N/N=C/c1cccc(O)c1)[C@H]1COc2cc3ccccc3cc2O1. The van der Waals surface area contributed by atoms with Crippen LogP contribution in [0.4, 0.5) is 0 Å². The molecule has 3 aromatic rings. The summed E-state index contributed by atoms with van der Waals surface area (Å²) in [7, 11) is 0. The van der Waals surface area contributed by atoms with Crippen LogP contribution in [-0.2, 0) is 4.79 Å². The number of aromatic hydroxyl groups is 1. The molecule has 0 saturated heterocycles. The summed E-state index contributed by atoms with van der Waals surface area (Å²) in [6.45, 7) is 0.110. The smallest absolute Gasteiger partial charge is 0.284 e. The summed E-state index contributed by atoms with van der Waals surface area (Å²) >= 11 is 0. The summed E-state index contributed by atoms with van der Waals surface area (Å²) in [4.78, 5) is 12.2. The Labute approximate surface area is 149 Å². The first-order valence-corrected chi connectivity index (χ1v) is 8.13. The van der Waals surface area contributed by atoms with Gasteiger partial charge >= 0.3 is 0 Å². The van der Waals surface area contributed by atoms with Gasteiger partial charge in [0.25, 0.3) is 5.91 Å². The first-order chi connectivity index (χ1) is 12.7. The number of hydrogen-bond acceptors (Lipinski definition) is 5. The van der Waals surface area contributed by atoms with Gasteiger partial charge in [-0.1, -0.05) is 36.4 Å². The molecule has 0 aromatic heterocycles. The Morgan fingerprint density at radius 1 is 1.08 bits per heavy atom. The van der Waals surface area contributed by atoms with E-state index in [0.717, 1.165) is 10.8 Å². The van der Waals surface area contributed by atoms with Gasteiger partial charge in [0.05, 0.1) is 6.21 Å². The van der Waals surface area contributed by atoms with E-state index in [4.69, 9.17) is 9.47 Å². The molecular formula is C20H16N2O4. The van der Waals surface area contributed by atoms with Crippen LogP contribution in [0.5, 0.6) is 17.2 Å². The van der Waals surface area contributed by atoms with E-state index in [-0.39, 0.29) is 12.4 Å². The first-order valence-electron chi connectivity index (χ1n) is 8.13. The molecule has 0 spiro atoms. The van der Waals surface area contributed by atoms with Crippen LogP contribution >= 0.6 is 0 Å². The Kier molecular flexibility index (Phi) is 4.15. The highest BCUT2D eigenvalue weighted by Gasteiger charge is 2.27. The van der Waals surface area contributed by atoms with Gasteiger partial charge in [0.1, 0.15) is 12.4 Å². The second-order valence-corrected chi connectivity index (χ2v) is 5.89. The van der Waals surface area contributed by atoms with Crippen molar-refractivity contribution in [1.82, 2.24) is 5.43 Å². The second kappa shape index (κ2) is 6.76. The molecule has 26 heavy (non-hydrogen) atoms. The Morgan fingerprint density at radius 2 is 1.85 bits per heavy atom. The fraction of sp³-hybridized carbons (Fsp3) is 0.100. The number of carbonyl (C=O) groups excluding carboxylic acids is 1. The molecule has 3 aromatic carbocycles. The van der Waals surface area contributed by atoms with E-state index in [1.165, 1.54) is 12.3 Å². The van der Waals surface area contributed by atoms with Crippen molar-refractivity contribution in [2.45, 2.75) is 6.10 Å². The lowest BCUT2D eigenvalue weighted by Gasteiger charge is -2.25. The van der Waals surface area contributed by atoms with E-state index in [1.54, 1.807) is 18.2 Å². The molecule has 1 aliphatic heterocycles. The minimum absolute atomic E-state index is 0.110. The van der Waals surface area contributed by atoms with E-state index in [2.05, 4.69) is 10.5 Å². The van der Waals surface area contributed by atoms with Gasteiger partial charge in [-0.25, -0.2) is 5.43 Å². The average Bonchev–Trinajstić information content (AvgIpc) is 2.66. The molecule has 1 amide bonds. The topological polar surface area (TPSA) is 80.2 Å². The molecule has 130 valence electrons. The van der Waals surface area contributed by atoms with Gasteiger partial charge in [0, 0.05) is 0 Å². The van der Waals surface area contributed by atoms with Crippen molar-refractivity contribution in [3.05, 3.63) is 66.2 Å². The fourth-order valence-corrected chi connectivity index (χ4v) is 2.73. The molecule has 0 aliphatic carbocycles. The van der Waals surface area contributed by atoms with E-state index in [1.807, 2.05) is 36.4 Å². The number of phenols is 1. The maximum absolute atomic E-state index is 12.2. The van der Waals surface area contributed by atoms with Gasteiger partial charge in [-0.2, -0.15) is 5.10 Å². The van der Waals surface area contributed by atoms with Gasteiger partial charge < -0.3 is 14.6 Å². The number of nitrogens with zero attached hydrogens (tertiary/aromatic N) is 1. The monoisotopic (exact) mass is 348 g/mol. The van der Waals surface area contributed by atoms with Crippen LogP contribution in [0.25, 0.3) is 10.8 Å². The molecule has 0 bridgehead atoms. The summed E-state index contributed by atoms with van der Waals surface area (Å²) in [5, 5.41) is 15.4. The number of ether oxygens (including phenoxy) is 2. The van der Waals surface area contributed by atoms with E-state index in [9.17, 15) is 9.90 Å². The molecule has 6 nitrogen and oxygen atoms in total. The Hall–Kier alpha value is -3.54. The standard InChI is InChI=1S/C20H16N2O4/c23-16-7-3-4-13(8-16)11-21-22-20(24)19-12-25-17-9-14-5-1-2-6-15(14)10-18(17)26-19/h1-11,19,23H,12H2,(H,22,24)/b21-11+/t19-/m1/s1. The summed E-state index contributed by atoms with van der Waals surface area (Å²) in [6.07, 6.45) is 0.660. The van der Waals surface area contributed by atoms with Crippen molar-refractivity contribution in [2.75, 3.05) is 6.61 Å². The van der Waals surface area contributed by atoms with E-state index >= 15 is 0 Å². The van der Waals surface area contributed by atoms with Crippen LogP contribution in [0, 0.1) is 0 Å². The zero-order valence-corrected chi connectivity index (χ0v) is 13.8. The summed E-state index contributed by atoms with van der Waals surface area (Å²) < 4.78 is 11.4. The van der Waals surface area contributed by atoms with Crippen LogP contribution in [0.1, 0.15) is 5.56 Å². The maximum Gasteiger partial charge on any atom is 0.284 e. The summed E-state index contributed by atoms with van der Waals surface area (Å²) in [6, 6.07) is 18.2. The third kappa shape index (κ3) is 3.30. The van der Waals surface area contributed by atoms with Gasteiger partial charge in [0.2, 0.25) is 6.10 Å². The van der Waals surface area contributed by atoms with Crippen LogP contribution in [0.15, 0.2) is 65.8 Å². The summed E-state index contributed by atoms with van der Waals surface area (Å²) in [5.41, 5.74) is 3.10. The molecule has 6 heteroatoms. The van der Waals surface area contributed by atoms with Gasteiger partial charge in [0.15, 0.2) is 11.5 Å². The molecule has 2 N–H and O–H groups in total. The molecule has 1 heterocycles. The average molecular weight is 348 g/mol. The third-order valence-electron chi connectivity index (χ3n) is 4.02. The number of hydrogen-bond donors (Lipinski definition) is 2. The summed E-state index contributed by atoms with van der Waals surface area (Å²) in [5.74, 6) is 0.886. The number of nitrogens with one attached hydrogen (secondary N) is 1. The maximum atomic E-state index is 12.2. The largest absolute Gasteiger partial charge is 0.508 e. The lowest BCUT2D eigenvalue weighted by atomic mass is 10.1. The number of phenolic OH excluding ortho intramolecular Hbond substituents is 1. The number of fused-ring (bicyclic) bond motifs is 2. The number of rotatable bonds is 3. The molecular weight excluding hydrogens is 332 g/mol. The van der Waals surface area contributed by atoms with Crippen LogP contribution in [-0.4, -0.2) is 29.9 Å². The first kappa shape index (κ1) is 16.0. The lowest BCUT2D eigenvalue weighted by Crippen LogP contribution is -2.42. The number of benzene rings is 3.